The predicted molar refractivity (Wildman–Crippen MR) is 85.4 cm³/mol. The van der Waals surface area contributed by atoms with E-state index in [9.17, 15) is 35.7 Å². The Hall–Kier alpha value is -0.520. The molecule has 166 valence electrons. The molecule has 0 radical (unpaired) electrons. The molecule has 0 bridgehead atoms. The van der Waals surface area contributed by atoms with Gasteiger partial charge in [-0.25, -0.2) is 0 Å². The van der Waals surface area contributed by atoms with Gasteiger partial charge in [0.05, 0.1) is 26.4 Å². The maximum Gasteiger partial charge on any atom is 0.186 e. The molecule has 0 aromatic heterocycles. The van der Waals surface area contributed by atoms with Crippen LogP contribution < -0.4 is 0 Å². The molecule has 2 aliphatic heterocycles. The first-order valence-electron chi connectivity index (χ1n) is 8.73. The molecular weight excluding hydrogens is 388 g/mol. The number of ether oxygens (including phenoxy) is 4. The molecule has 0 aromatic rings. The van der Waals surface area contributed by atoms with Gasteiger partial charge in [-0.2, -0.15) is 0 Å². The summed E-state index contributed by atoms with van der Waals surface area (Å²) in [6.07, 6.45) is -16.5. The minimum atomic E-state index is -1.69. The summed E-state index contributed by atoms with van der Waals surface area (Å²) in [5.74, 6) is 0. The quantitative estimate of drug-likeness (QED) is 0.180. The summed E-state index contributed by atoms with van der Waals surface area (Å²) >= 11 is 0. The molecule has 0 aliphatic carbocycles. The van der Waals surface area contributed by atoms with Crippen LogP contribution in [0.15, 0.2) is 0 Å². The van der Waals surface area contributed by atoms with Crippen molar-refractivity contribution < 1.29 is 64.9 Å². The second-order valence-corrected chi connectivity index (χ2v) is 6.72. The van der Waals surface area contributed by atoms with Gasteiger partial charge in [0.2, 0.25) is 0 Å². The van der Waals surface area contributed by atoms with E-state index in [1.807, 2.05) is 0 Å². The molecule has 0 amide bonds. The number of rotatable bonds is 8. The molecule has 13 heteroatoms. The Kier molecular flexibility index (Phi) is 8.90. The zero-order chi connectivity index (χ0) is 21.0. The third-order valence-corrected chi connectivity index (χ3v) is 4.61. The summed E-state index contributed by atoms with van der Waals surface area (Å²) in [6.45, 7) is -2.16. The summed E-state index contributed by atoms with van der Waals surface area (Å²) in [4.78, 5) is 0. The van der Waals surface area contributed by atoms with Gasteiger partial charge in [-0.15, -0.1) is 0 Å². The van der Waals surface area contributed by atoms with E-state index >= 15 is 0 Å². The first-order valence-corrected chi connectivity index (χ1v) is 8.73. The smallest absolute Gasteiger partial charge is 0.186 e. The van der Waals surface area contributed by atoms with E-state index in [0.29, 0.717) is 0 Å². The Morgan fingerprint density at radius 1 is 0.679 bits per heavy atom. The van der Waals surface area contributed by atoms with Crippen LogP contribution in [-0.2, 0) is 18.9 Å². The highest BCUT2D eigenvalue weighted by Crippen LogP contribution is 2.25. The molecule has 13 nitrogen and oxygen atoms in total. The van der Waals surface area contributed by atoms with Crippen LogP contribution in [0.3, 0.4) is 0 Å². The zero-order valence-corrected chi connectivity index (χ0v) is 14.8. The van der Waals surface area contributed by atoms with Crippen LogP contribution in [0.1, 0.15) is 0 Å². The molecule has 0 spiro atoms. The third-order valence-electron chi connectivity index (χ3n) is 4.61. The summed E-state index contributed by atoms with van der Waals surface area (Å²) in [5, 5.41) is 86.5. The number of hydrogen-bond donors (Lipinski definition) is 9. The van der Waals surface area contributed by atoms with E-state index < -0.39 is 93.9 Å². The van der Waals surface area contributed by atoms with Crippen LogP contribution in [0.2, 0.25) is 0 Å². The number of aliphatic hydroxyl groups is 9. The van der Waals surface area contributed by atoms with E-state index in [1.165, 1.54) is 0 Å². The SMILES string of the molecule is OCC(O)CO[C@@H]1O[C@H](CO[C@@H]2O[C@H](CO)[C@@H](O)[C@H](O)[C@H]2O)[C@@H](O)[C@H](O)[C@H]1O. The maximum absolute atomic E-state index is 10.0. The molecule has 9 N–H and O–H groups in total. The topological polar surface area (TPSA) is 219 Å². The third kappa shape index (κ3) is 5.34. The maximum atomic E-state index is 10.0. The van der Waals surface area contributed by atoms with Crippen molar-refractivity contribution in [2.45, 2.75) is 67.5 Å². The Morgan fingerprint density at radius 2 is 1.18 bits per heavy atom. The molecule has 1 unspecified atom stereocenters. The fraction of sp³-hybridized carbons (Fsp3) is 1.00. The molecular formula is C15H28O13. The van der Waals surface area contributed by atoms with Crippen molar-refractivity contribution in [3.8, 4) is 0 Å². The molecule has 0 aromatic carbocycles. The molecule has 11 atom stereocenters. The van der Waals surface area contributed by atoms with Gasteiger partial charge in [-0.1, -0.05) is 0 Å². The molecule has 2 heterocycles. The minimum absolute atomic E-state index is 0.415. The number of aliphatic hydroxyl groups excluding tert-OH is 9. The summed E-state index contributed by atoms with van der Waals surface area (Å²) < 4.78 is 20.8. The summed E-state index contributed by atoms with van der Waals surface area (Å²) in [7, 11) is 0. The molecule has 2 saturated heterocycles. The van der Waals surface area contributed by atoms with Crippen molar-refractivity contribution in [1.29, 1.82) is 0 Å². The highest BCUT2D eigenvalue weighted by atomic mass is 16.7. The van der Waals surface area contributed by atoms with E-state index in [1.54, 1.807) is 0 Å². The predicted octanol–water partition coefficient (Wildman–Crippen LogP) is -6.02. The lowest BCUT2D eigenvalue weighted by Crippen LogP contribution is -2.61. The van der Waals surface area contributed by atoms with Crippen LogP contribution in [-0.4, -0.2) is 140 Å². The van der Waals surface area contributed by atoms with Crippen molar-refractivity contribution in [3.63, 3.8) is 0 Å². The largest absolute Gasteiger partial charge is 0.394 e. The van der Waals surface area contributed by atoms with Crippen LogP contribution in [0, 0.1) is 0 Å². The highest BCUT2D eigenvalue weighted by Gasteiger charge is 2.47. The van der Waals surface area contributed by atoms with Crippen molar-refractivity contribution in [1.82, 2.24) is 0 Å². The van der Waals surface area contributed by atoms with Crippen molar-refractivity contribution >= 4 is 0 Å². The lowest BCUT2D eigenvalue weighted by molar-refractivity contribution is -0.332. The molecule has 2 fully saturated rings. The van der Waals surface area contributed by atoms with Gasteiger partial charge in [0.15, 0.2) is 12.6 Å². The highest BCUT2D eigenvalue weighted by molar-refractivity contribution is 4.91. The van der Waals surface area contributed by atoms with Crippen LogP contribution in [0.25, 0.3) is 0 Å². The molecule has 28 heavy (non-hydrogen) atoms. The Labute approximate surface area is 159 Å². The summed E-state index contributed by atoms with van der Waals surface area (Å²) in [5.41, 5.74) is 0. The van der Waals surface area contributed by atoms with Crippen molar-refractivity contribution in [2.24, 2.45) is 0 Å². The van der Waals surface area contributed by atoms with Gasteiger partial charge in [0, 0.05) is 0 Å². The molecule has 2 rings (SSSR count). The zero-order valence-electron chi connectivity index (χ0n) is 14.8. The second kappa shape index (κ2) is 10.5. The lowest BCUT2D eigenvalue weighted by Gasteiger charge is -2.42. The Bertz CT molecular complexity index is 465. The Balaban J connectivity index is 1.95. The van der Waals surface area contributed by atoms with E-state index in [4.69, 9.17) is 29.2 Å². The fourth-order valence-electron chi connectivity index (χ4n) is 2.85. The van der Waals surface area contributed by atoms with Gasteiger partial charge in [-0.3, -0.25) is 0 Å². The first kappa shape index (κ1) is 23.8. The van der Waals surface area contributed by atoms with Gasteiger partial charge in [0.1, 0.15) is 54.9 Å². The second-order valence-electron chi connectivity index (χ2n) is 6.72. The standard InChI is InChI=1S/C15H28O13/c16-1-5(18)3-25-14-13(24)11(22)9(20)7(28-14)4-26-15-12(23)10(21)8(19)6(2-17)27-15/h5-24H,1-4H2/t5?,6-,7-,8-,9-,10+,11+,12-,13-,14-,15-/m1/s1. The van der Waals surface area contributed by atoms with Crippen LogP contribution in [0.4, 0.5) is 0 Å². The minimum Gasteiger partial charge on any atom is -0.394 e. The molecule has 0 saturated carbocycles. The van der Waals surface area contributed by atoms with Gasteiger partial charge >= 0.3 is 0 Å². The molecule has 2 aliphatic rings. The average molecular weight is 416 g/mol. The van der Waals surface area contributed by atoms with Crippen molar-refractivity contribution in [2.75, 3.05) is 26.4 Å². The summed E-state index contributed by atoms with van der Waals surface area (Å²) in [6, 6.07) is 0. The average Bonchev–Trinajstić information content (AvgIpc) is 2.70. The lowest BCUT2D eigenvalue weighted by atomic mass is 9.98. The van der Waals surface area contributed by atoms with Crippen LogP contribution in [0.5, 0.6) is 0 Å². The van der Waals surface area contributed by atoms with E-state index in [0.717, 1.165) is 0 Å². The Morgan fingerprint density at radius 3 is 1.71 bits per heavy atom. The first-order chi connectivity index (χ1) is 13.2. The van der Waals surface area contributed by atoms with Crippen LogP contribution >= 0.6 is 0 Å². The monoisotopic (exact) mass is 416 g/mol. The van der Waals surface area contributed by atoms with E-state index in [-0.39, 0.29) is 0 Å². The fourth-order valence-corrected chi connectivity index (χ4v) is 2.85. The van der Waals surface area contributed by atoms with Gasteiger partial charge in [0.25, 0.3) is 0 Å². The van der Waals surface area contributed by atoms with Crippen molar-refractivity contribution in [3.05, 3.63) is 0 Å². The van der Waals surface area contributed by atoms with Gasteiger partial charge in [-0.05, 0) is 0 Å². The normalized spacial score (nSPS) is 45.8. The number of hydrogen-bond acceptors (Lipinski definition) is 13. The van der Waals surface area contributed by atoms with E-state index in [2.05, 4.69) is 0 Å². The van der Waals surface area contributed by atoms with Gasteiger partial charge < -0.3 is 64.9 Å².